The quantitative estimate of drug-likeness (QED) is 0.755. The van der Waals surface area contributed by atoms with Gasteiger partial charge in [-0.05, 0) is 31.7 Å². The number of hydrogen-bond acceptors (Lipinski definition) is 2. The lowest BCUT2D eigenvalue weighted by Gasteiger charge is -2.24. The van der Waals surface area contributed by atoms with E-state index in [9.17, 15) is 13.2 Å². The summed E-state index contributed by atoms with van der Waals surface area (Å²) in [6, 6.07) is 0. The first kappa shape index (κ1) is 12.2. The highest BCUT2D eigenvalue weighted by Gasteiger charge is 2.39. The van der Waals surface area contributed by atoms with Crippen LogP contribution in [0.4, 0.5) is 18.9 Å². The van der Waals surface area contributed by atoms with E-state index >= 15 is 0 Å². The van der Waals surface area contributed by atoms with Crippen LogP contribution in [-0.4, -0.2) is 19.1 Å². The first-order valence-corrected chi connectivity index (χ1v) is 5.59. The third kappa shape index (κ3) is 1.98. The highest BCUT2D eigenvalue weighted by atomic mass is 19.4. The third-order valence-corrected chi connectivity index (χ3v) is 3.11. The van der Waals surface area contributed by atoms with Gasteiger partial charge in [0.1, 0.15) is 5.56 Å². The van der Waals surface area contributed by atoms with Crippen molar-refractivity contribution in [2.24, 2.45) is 0 Å². The summed E-state index contributed by atoms with van der Waals surface area (Å²) in [5.74, 6) is 0. The Morgan fingerprint density at radius 2 is 1.82 bits per heavy atom. The number of anilines is 1. The van der Waals surface area contributed by atoms with Crippen LogP contribution >= 0.6 is 0 Å². The molecular formula is C12H15F3N2. The molecular weight excluding hydrogens is 229 g/mol. The van der Waals surface area contributed by atoms with Crippen LogP contribution < -0.4 is 4.90 Å². The van der Waals surface area contributed by atoms with Crippen LogP contribution in [-0.2, 0) is 19.0 Å². The van der Waals surface area contributed by atoms with E-state index in [4.69, 9.17) is 0 Å². The van der Waals surface area contributed by atoms with Crippen molar-refractivity contribution < 1.29 is 13.2 Å². The molecule has 1 aliphatic rings. The van der Waals surface area contributed by atoms with Crippen molar-refractivity contribution in [2.45, 2.75) is 32.4 Å². The Morgan fingerprint density at radius 3 is 2.35 bits per heavy atom. The Hall–Kier alpha value is -1.26. The maximum Gasteiger partial charge on any atom is 0.420 e. The van der Waals surface area contributed by atoms with E-state index in [1.165, 1.54) is 6.92 Å². The van der Waals surface area contributed by atoms with Gasteiger partial charge in [0.15, 0.2) is 0 Å². The highest BCUT2D eigenvalue weighted by molar-refractivity contribution is 5.63. The van der Waals surface area contributed by atoms with Gasteiger partial charge < -0.3 is 4.90 Å². The SMILES string of the molecule is Cc1nc2c(c(N(C)C)c1C(F)(F)F)CCC2. The largest absolute Gasteiger partial charge is 0.420 e. The Morgan fingerprint density at radius 1 is 1.18 bits per heavy atom. The summed E-state index contributed by atoms with van der Waals surface area (Å²) in [6.07, 6.45) is -1.97. The number of pyridine rings is 1. The van der Waals surface area contributed by atoms with E-state index in [0.717, 1.165) is 24.1 Å². The first-order valence-electron chi connectivity index (χ1n) is 5.59. The normalized spacial score (nSPS) is 14.9. The van der Waals surface area contributed by atoms with Crippen molar-refractivity contribution in [3.8, 4) is 0 Å². The molecule has 0 radical (unpaired) electrons. The van der Waals surface area contributed by atoms with Crippen LogP contribution in [0.15, 0.2) is 0 Å². The van der Waals surface area contributed by atoms with Gasteiger partial charge in [-0.1, -0.05) is 0 Å². The van der Waals surface area contributed by atoms with E-state index in [0.29, 0.717) is 12.1 Å². The van der Waals surface area contributed by atoms with Gasteiger partial charge >= 0.3 is 6.18 Å². The summed E-state index contributed by atoms with van der Waals surface area (Å²) in [6.45, 7) is 1.44. The Bertz CT molecular complexity index is 450. The second-order valence-electron chi connectivity index (χ2n) is 4.59. The number of halogens is 3. The fraction of sp³-hybridized carbons (Fsp3) is 0.583. The molecule has 2 rings (SSSR count). The molecule has 0 aliphatic heterocycles. The molecule has 0 amide bonds. The van der Waals surface area contributed by atoms with E-state index in [2.05, 4.69) is 4.98 Å². The number of rotatable bonds is 1. The Kier molecular flexibility index (Phi) is 2.79. The molecule has 2 nitrogen and oxygen atoms in total. The highest BCUT2D eigenvalue weighted by Crippen LogP contribution is 2.42. The molecule has 5 heteroatoms. The number of fused-ring (bicyclic) bond motifs is 1. The molecule has 1 aromatic heterocycles. The van der Waals surface area contributed by atoms with Crippen LogP contribution in [0.1, 0.15) is 28.9 Å². The van der Waals surface area contributed by atoms with Crippen molar-refractivity contribution in [3.63, 3.8) is 0 Å². The second-order valence-corrected chi connectivity index (χ2v) is 4.59. The summed E-state index contributed by atoms with van der Waals surface area (Å²) < 4.78 is 39.2. The number of hydrogen-bond donors (Lipinski definition) is 0. The Balaban J connectivity index is 2.74. The maximum atomic E-state index is 13.1. The molecule has 17 heavy (non-hydrogen) atoms. The number of alkyl halides is 3. The molecule has 0 saturated heterocycles. The van der Waals surface area contributed by atoms with Crippen molar-refractivity contribution in [2.75, 3.05) is 19.0 Å². The summed E-state index contributed by atoms with van der Waals surface area (Å²) in [5, 5.41) is 0. The number of nitrogens with zero attached hydrogens (tertiary/aromatic N) is 2. The summed E-state index contributed by atoms with van der Waals surface area (Å²) >= 11 is 0. The summed E-state index contributed by atoms with van der Waals surface area (Å²) in [5.41, 5.74) is 1.41. The molecule has 0 saturated carbocycles. The zero-order valence-corrected chi connectivity index (χ0v) is 10.1. The van der Waals surface area contributed by atoms with Crippen molar-refractivity contribution in [1.29, 1.82) is 0 Å². The molecule has 94 valence electrons. The van der Waals surface area contributed by atoms with Gasteiger partial charge in [0, 0.05) is 19.8 Å². The topological polar surface area (TPSA) is 16.1 Å². The third-order valence-electron chi connectivity index (χ3n) is 3.11. The fourth-order valence-electron chi connectivity index (χ4n) is 2.52. The van der Waals surface area contributed by atoms with Gasteiger partial charge in [0.05, 0.1) is 11.4 Å². The number of aromatic nitrogens is 1. The van der Waals surface area contributed by atoms with E-state index in [-0.39, 0.29) is 5.69 Å². The average Bonchev–Trinajstić information content (AvgIpc) is 2.60. The second kappa shape index (κ2) is 3.89. The van der Waals surface area contributed by atoms with Crippen LogP contribution in [0.25, 0.3) is 0 Å². The summed E-state index contributed by atoms with van der Waals surface area (Å²) in [7, 11) is 3.31. The van der Waals surface area contributed by atoms with Crippen LogP contribution in [0.5, 0.6) is 0 Å². The molecule has 1 aliphatic carbocycles. The first-order chi connectivity index (χ1) is 7.82. The van der Waals surface area contributed by atoms with Gasteiger partial charge in [-0.3, -0.25) is 4.98 Å². The summed E-state index contributed by atoms with van der Waals surface area (Å²) in [4.78, 5) is 5.67. The molecule has 0 aromatic carbocycles. The standard InChI is InChI=1S/C12H15F3N2/c1-7-10(12(13,14)15)11(17(2)3)8-5-4-6-9(8)16-7/h4-6H2,1-3H3. The number of aryl methyl sites for hydroxylation is 2. The minimum atomic E-state index is -4.34. The smallest absolute Gasteiger partial charge is 0.377 e. The lowest BCUT2D eigenvalue weighted by molar-refractivity contribution is -0.137. The zero-order chi connectivity index (χ0) is 12.8. The van der Waals surface area contributed by atoms with Gasteiger partial charge in [-0.15, -0.1) is 0 Å². The van der Waals surface area contributed by atoms with E-state index in [1.54, 1.807) is 19.0 Å². The minimum Gasteiger partial charge on any atom is -0.377 e. The molecule has 1 heterocycles. The van der Waals surface area contributed by atoms with Crippen molar-refractivity contribution in [1.82, 2.24) is 4.98 Å². The van der Waals surface area contributed by atoms with Gasteiger partial charge in [0.25, 0.3) is 0 Å². The molecule has 0 N–H and O–H groups in total. The predicted octanol–water partition coefficient (Wildman–Crippen LogP) is 2.96. The average molecular weight is 244 g/mol. The molecule has 0 spiro atoms. The lowest BCUT2D eigenvalue weighted by Crippen LogP contribution is -2.21. The molecule has 0 bridgehead atoms. The minimum absolute atomic E-state index is 0.0850. The maximum absolute atomic E-state index is 13.1. The molecule has 0 unspecified atom stereocenters. The lowest BCUT2D eigenvalue weighted by atomic mass is 10.0. The Labute approximate surface area is 98.5 Å². The van der Waals surface area contributed by atoms with Crippen LogP contribution in [0.2, 0.25) is 0 Å². The fourth-order valence-corrected chi connectivity index (χ4v) is 2.52. The van der Waals surface area contributed by atoms with Crippen LogP contribution in [0, 0.1) is 6.92 Å². The van der Waals surface area contributed by atoms with E-state index in [1.807, 2.05) is 0 Å². The van der Waals surface area contributed by atoms with Gasteiger partial charge in [0.2, 0.25) is 0 Å². The molecule has 1 aromatic rings. The van der Waals surface area contributed by atoms with Gasteiger partial charge in [-0.25, -0.2) is 0 Å². The van der Waals surface area contributed by atoms with E-state index < -0.39 is 11.7 Å². The van der Waals surface area contributed by atoms with Crippen molar-refractivity contribution in [3.05, 3.63) is 22.5 Å². The molecule has 0 atom stereocenters. The van der Waals surface area contributed by atoms with Crippen LogP contribution in [0.3, 0.4) is 0 Å². The monoisotopic (exact) mass is 244 g/mol. The zero-order valence-electron chi connectivity index (χ0n) is 10.1. The van der Waals surface area contributed by atoms with Gasteiger partial charge in [-0.2, -0.15) is 13.2 Å². The predicted molar refractivity (Wildman–Crippen MR) is 60.3 cm³/mol. The molecule has 0 fully saturated rings. The van der Waals surface area contributed by atoms with Crippen molar-refractivity contribution >= 4 is 5.69 Å².